The molecule has 1 aromatic carbocycles. The van der Waals surface area contributed by atoms with E-state index in [-0.39, 0.29) is 0 Å². The lowest BCUT2D eigenvalue weighted by molar-refractivity contribution is 0.165. The fourth-order valence-corrected chi connectivity index (χ4v) is 2.31. The summed E-state index contributed by atoms with van der Waals surface area (Å²) in [5.74, 6) is 2.21. The van der Waals surface area contributed by atoms with Gasteiger partial charge in [0.2, 0.25) is 5.75 Å². The van der Waals surface area contributed by atoms with E-state index in [1.165, 1.54) is 18.4 Å². The van der Waals surface area contributed by atoms with Gasteiger partial charge in [-0.25, -0.2) is 0 Å². The Bertz CT molecular complexity index is 503. The van der Waals surface area contributed by atoms with Crippen LogP contribution in [0, 0.1) is 0 Å². The minimum absolute atomic E-state index is 0.572. The van der Waals surface area contributed by atoms with Crippen LogP contribution in [0.15, 0.2) is 17.7 Å². The van der Waals surface area contributed by atoms with Gasteiger partial charge in [-0.05, 0) is 37.5 Å². The normalized spacial score (nSPS) is 18.0. The number of hydrogen-bond acceptors (Lipinski definition) is 4. The molecule has 20 heavy (non-hydrogen) atoms. The van der Waals surface area contributed by atoms with E-state index < -0.39 is 0 Å². The molecule has 4 heteroatoms. The summed E-state index contributed by atoms with van der Waals surface area (Å²) in [7, 11) is 1.66. The standard InChI is InChI=1S/C16H21NO3/c1-11(10-17-13-3-4-13)7-12-8-14(18-2)16-15(9-12)19-5-6-20-16/h7-9,13,17H,3-6,10H2,1-2H3. The first kappa shape index (κ1) is 13.3. The maximum absolute atomic E-state index is 5.65. The number of rotatable bonds is 5. The molecule has 1 fully saturated rings. The van der Waals surface area contributed by atoms with Gasteiger partial charge in [0.15, 0.2) is 11.5 Å². The van der Waals surface area contributed by atoms with Crippen molar-refractivity contribution in [2.24, 2.45) is 0 Å². The highest BCUT2D eigenvalue weighted by Gasteiger charge is 2.20. The quantitative estimate of drug-likeness (QED) is 0.896. The molecule has 1 aromatic rings. The second-order valence-electron chi connectivity index (χ2n) is 5.39. The molecular formula is C16H21NO3. The highest BCUT2D eigenvalue weighted by atomic mass is 16.6. The Morgan fingerprint density at radius 3 is 2.90 bits per heavy atom. The number of benzene rings is 1. The molecule has 0 saturated heterocycles. The van der Waals surface area contributed by atoms with Crippen molar-refractivity contribution in [3.05, 3.63) is 23.3 Å². The van der Waals surface area contributed by atoms with E-state index in [9.17, 15) is 0 Å². The second kappa shape index (κ2) is 5.75. The first-order valence-corrected chi connectivity index (χ1v) is 7.14. The molecule has 1 aliphatic heterocycles. The van der Waals surface area contributed by atoms with Gasteiger partial charge in [-0.2, -0.15) is 0 Å². The summed E-state index contributed by atoms with van der Waals surface area (Å²) in [5.41, 5.74) is 2.39. The first-order chi connectivity index (χ1) is 9.76. The highest BCUT2D eigenvalue weighted by Crippen LogP contribution is 2.40. The van der Waals surface area contributed by atoms with E-state index in [2.05, 4.69) is 18.3 Å². The van der Waals surface area contributed by atoms with Crippen molar-refractivity contribution in [2.45, 2.75) is 25.8 Å². The SMILES string of the molecule is COc1cc(C=C(C)CNC2CC2)cc2c1OCCO2. The number of nitrogens with one attached hydrogen (secondary N) is 1. The number of fused-ring (bicyclic) bond motifs is 1. The van der Waals surface area contributed by atoms with Crippen LogP contribution in [0.5, 0.6) is 17.2 Å². The Balaban J connectivity index is 1.79. The molecule has 1 N–H and O–H groups in total. The van der Waals surface area contributed by atoms with Gasteiger partial charge in [0.05, 0.1) is 7.11 Å². The summed E-state index contributed by atoms with van der Waals surface area (Å²) in [6, 6.07) is 4.74. The minimum Gasteiger partial charge on any atom is -0.493 e. The van der Waals surface area contributed by atoms with Gasteiger partial charge in [-0.15, -0.1) is 0 Å². The molecule has 4 nitrogen and oxygen atoms in total. The van der Waals surface area contributed by atoms with Crippen molar-refractivity contribution >= 4 is 6.08 Å². The lowest BCUT2D eigenvalue weighted by Gasteiger charge is -2.21. The number of hydrogen-bond donors (Lipinski definition) is 1. The molecule has 0 atom stereocenters. The molecule has 0 unspecified atom stereocenters. The largest absolute Gasteiger partial charge is 0.493 e. The third kappa shape index (κ3) is 3.07. The predicted octanol–water partition coefficient (Wildman–Crippen LogP) is 2.62. The Morgan fingerprint density at radius 1 is 1.35 bits per heavy atom. The summed E-state index contributed by atoms with van der Waals surface area (Å²) < 4.78 is 16.6. The van der Waals surface area contributed by atoms with Crippen LogP contribution in [0.1, 0.15) is 25.3 Å². The smallest absolute Gasteiger partial charge is 0.203 e. The van der Waals surface area contributed by atoms with Gasteiger partial charge in [0, 0.05) is 12.6 Å². The van der Waals surface area contributed by atoms with E-state index in [0.717, 1.165) is 29.6 Å². The molecule has 1 heterocycles. The van der Waals surface area contributed by atoms with Crippen LogP contribution in [0.2, 0.25) is 0 Å². The van der Waals surface area contributed by atoms with E-state index in [1.54, 1.807) is 7.11 Å². The molecule has 0 radical (unpaired) electrons. The van der Waals surface area contributed by atoms with E-state index in [0.29, 0.717) is 19.0 Å². The maximum Gasteiger partial charge on any atom is 0.203 e. The zero-order valence-corrected chi connectivity index (χ0v) is 12.1. The Hall–Kier alpha value is -1.68. The summed E-state index contributed by atoms with van der Waals surface area (Å²) >= 11 is 0. The maximum atomic E-state index is 5.65. The van der Waals surface area contributed by atoms with Crippen LogP contribution in [-0.4, -0.2) is 32.9 Å². The average molecular weight is 275 g/mol. The van der Waals surface area contributed by atoms with Crippen LogP contribution in [-0.2, 0) is 0 Å². The molecule has 0 amide bonds. The third-order valence-corrected chi connectivity index (χ3v) is 3.51. The Morgan fingerprint density at radius 2 is 2.15 bits per heavy atom. The molecule has 0 aromatic heterocycles. The van der Waals surface area contributed by atoms with Crippen molar-refractivity contribution in [1.82, 2.24) is 5.32 Å². The lowest BCUT2D eigenvalue weighted by atomic mass is 10.1. The van der Waals surface area contributed by atoms with Crippen LogP contribution < -0.4 is 19.5 Å². The van der Waals surface area contributed by atoms with Gasteiger partial charge in [-0.3, -0.25) is 0 Å². The van der Waals surface area contributed by atoms with Crippen LogP contribution in [0.4, 0.5) is 0 Å². The summed E-state index contributed by atoms with van der Waals surface area (Å²) in [5, 5.41) is 3.51. The summed E-state index contributed by atoms with van der Waals surface area (Å²) in [4.78, 5) is 0. The summed E-state index contributed by atoms with van der Waals surface area (Å²) in [6.45, 7) is 4.23. The number of ether oxygens (including phenoxy) is 3. The molecular weight excluding hydrogens is 254 g/mol. The molecule has 0 bridgehead atoms. The van der Waals surface area contributed by atoms with Gasteiger partial charge in [0.25, 0.3) is 0 Å². The molecule has 1 saturated carbocycles. The van der Waals surface area contributed by atoms with Crippen molar-refractivity contribution in [3.63, 3.8) is 0 Å². The fourth-order valence-electron chi connectivity index (χ4n) is 2.31. The topological polar surface area (TPSA) is 39.7 Å². The molecule has 108 valence electrons. The lowest BCUT2D eigenvalue weighted by Crippen LogP contribution is -2.18. The van der Waals surface area contributed by atoms with Crippen molar-refractivity contribution in [2.75, 3.05) is 26.9 Å². The number of methoxy groups -OCH3 is 1. The monoisotopic (exact) mass is 275 g/mol. The zero-order chi connectivity index (χ0) is 13.9. The summed E-state index contributed by atoms with van der Waals surface area (Å²) in [6.07, 6.45) is 4.78. The van der Waals surface area contributed by atoms with E-state index in [1.807, 2.05) is 12.1 Å². The van der Waals surface area contributed by atoms with Crippen molar-refractivity contribution < 1.29 is 14.2 Å². The van der Waals surface area contributed by atoms with Crippen LogP contribution in [0.25, 0.3) is 6.08 Å². The predicted molar refractivity (Wildman–Crippen MR) is 78.7 cm³/mol. The zero-order valence-electron chi connectivity index (χ0n) is 12.1. The highest BCUT2D eigenvalue weighted by molar-refractivity contribution is 5.63. The van der Waals surface area contributed by atoms with Gasteiger partial charge >= 0.3 is 0 Å². The minimum atomic E-state index is 0.572. The van der Waals surface area contributed by atoms with Crippen LogP contribution >= 0.6 is 0 Å². The molecule has 2 aliphatic rings. The Labute approximate surface area is 119 Å². The van der Waals surface area contributed by atoms with Gasteiger partial charge in [-0.1, -0.05) is 11.6 Å². The molecule has 0 spiro atoms. The van der Waals surface area contributed by atoms with Gasteiger partial charge in [0.1, 0.15) is 13.2 Å². The second-order valence-corrected chi connectivity index (χ2v) is 5.39. The van der Waals surface area contributed by atoms with Crippen molar-refractivity contribution in [3.8, 4) is 17.2 Å². The van der Waals surface area contributed by atoms with E-state index >= 15 is 0 Å². The fraction of sp³-hybridized carbons (Fsp3) is 0.500. The Kier molecular flexibility index (Phi) is 3.83. The van der Waals surface area contributed by atoms with E-state index in [4.69, 9.17) is 14.2 Å². The molecule has 3 rings (SSSR count). The van der Waals surface area contributed by atoms with Crippen LogP contribution in [0.3, 0.4) is 0 Å². The van der Waals surface area contributed by atoms with Gasteiger partial charge < -0.3 is 19.5 Å². The third-order valence-electron chi connectivity index (χ3n) is 3.51. The molecule has 1 aliphatic carbocycles. The average Bonchev–Trinajstić information content (AvgIpc) is 3.28. The van der Waals surface area contributed by atoms with Crippen molar-refractivity contribution in [1.29, 1.82) is 0 Å². The first-order valence-electron chi connectivity index (χ1n) is 7.14.